The summed E-state index contributed by atoms with van der Waals surface area (Å²) in [6.45, 7) is 2.05. The van der Waals surface area contributed by atoms with Crippen molar-refractivity contribution in [2.45, 2.75) is 32.6 Å². The van der Waals surface area contributed by atoms with Gasteiger partial charge in [-0.05, 0) is 66.9 Å². The highest BCUT2D eigenvalue weighted by Gasteiger charge is 2.32. The molecule has 3 aromatic carbocycles. The van der Waals surface area contributed by atoms with Gasteiger partial charge in [0.1, 0.15) is 16.4 Å². The molecule has 0 spiro atoms. The predicted octanol–water partition coefficient (Wildman–Crippen LogP) is 5.93. The van der Waals surface area contributed by atoms with Crippen LogP contribution in [0.25, 0.3) is 20.8 Å². The summed E-state index contributed by atoms with van der Waals surface area (Å²) in [5.74, 6) is -1.78. The van der Waals surface area contributed by atoms with Crippen molar-refractivity contribution in [3.63, 3.8) is 0 Å². The lowest BCUT2D eigenvalue weighted by atomic mass is 10.1. The van der Waals surface area contributed by atoms with E-state index in [1.54, 1.807) is 23.5 Å². The van der Waals surface area contributed by atoms with Gasteiger partial charge in [0.05, 0.1) is 22.3 Å². The van der Waals surface area contributed by atoms with Crippen LogP contribution < -0.4 is 0 Å². The summed E-state index contributed by atoms with van der Waals surface area (Å²) < 4.78 is 1.14. The molecule has 2 amide bonds. The molecule has 4 aromatic rings. The number of carbonyl (C=O) groups is 3. The third-order valence-corrected chi connectivity index (χ3v) is 6.93. The lowest BCUT2D eigenvalue weighted by Crippen LogP contribution is -2.32. The summed E-state index contributed by atoms with van der Waals surface area (Å²) >= 11 is 1.63. The number of amides is 2. The van der Waals surface area contributed by atoms with Crippen LogP contribution in [0.1, 0.15) is 30.4 Å². The molecule has 1 aliphatic heterocycles. The van der Waals surface area contributed by atoms with E-state index in [0.717, 1.165) is 26.4 Å². The van der Waals surface area contributed by atoms with E-state index in [9.17, 15) is 19.5 Å². The monoisotopic (exact) mass is 514 g/mol. The number of hydroxylamine groups is 2. The van der Waals surface area contributed by atoms with Gasteiger partial charge in [-0.3, -0.25) is 9.59 Å². The fraction of sp³-hybridized carbons (Fsp3) is 0.185. The van der Waals surface area contributed by atoms with Gasteiger partial charge in [0.25, 0.3) is 11.8 Å². The lowest BCUT2D eigenvalue weighted by molar-refractivity contribution is -0.197. The second kappa shape index (κ2) is 10.3. The molecule has 1 N–H and O–H groups in total. The minimum absolute atomic E-state index is 0.0445. The molecule has 10 heteroatoms. The first-order valence-electron chi connectivity index (χ1n) is 11.6. The van der Waals surface area contributed by atoms with E-state index in [1.807, 2.05) is 43.3 Å². The van der Waals surface area contributed by atoms with E-state index >= 15 is 0 Å². The highest BCUT2D eigenvalue weighted by atomic mass is 32.1. The molecule has 0 unspecified atom stereocenters. The number of para-hydroxylation sites is 1. The number of carbonyl (C=O) groups excluding carboxylic acids is 3. The number of benzene rings is 3. The number of fused-ring (bicyclic) bond motifs is 1. The fourth-order valence-corrected chi connectivity index (χ4v) is 4.90. The molecule has 0 radical (unpaired) electrons. The number of hydrogen-bond acceptors (Lipinski definition) is 9. The van der Waals surface area contributed by atoms with Crippen LogP contribution in [0.2, 0.25) is 0 Å². The zero-order valence-electron chi connectivity index (χ0n) is 19.9. The molecule has 0 atom stereocenters. The van der Waals surface area contributed by atoms with Gasteiger partial charge in [0.15, 0.2) is 0 Å². The van der Waals surface area contributed by atoms with Crippen LogP contribution >= 0.6 is 11.3 Å². The van der Waals surface area contributed by atoms with Crippen LogP contribution in [0.15, 0.2) is 70.9 Å². The maximum Gasteiger partial charge on any atom is 0.333 e. The molecule has 186 valence electrons. The first-order chi connectivity index (χ1) is 17.9. The largest absolute Gasteiger partial charge is 0.506 e. The van der Waals surface area contributed by atoms with Gasteiger partial charge in [-0.2, -0.15) is 5.11 Å². The maximum absolute atomic E-state index is 12.1. The number of phenols is 1. The van der Waals surface area contributed by atoms with Crippen LogP contribution in [0.5, 0.6) is 5.75 Å². The molecule has 1 saturated heterocycles. The average molecular weight is 515 g/mol. The Morgan fingerprint density at radius 3 is 2.54 bits per heavy atom. The van der Waals surface area contributed by atoms with Gasteiger partial charge in [0.2, 0.25) is 0 Å². The molecule has 1 aromatic heterocycles. The van der Waals surface area contributed by atoms with Gasteiger partial charge in [-0.15, -0.1) is 21.5 Å². The van der Waals surface area contributed by atoms with Gasteiger partial charge < -0.3 is 9.94 Å². The van der Waals surface area contributed by atoms with Gasteiger partial charge in [-0.1, -0.05) is 18.2 Å². The quantitative estimate of drug-likeness (QED) is 0.241. The Bertz CT molecular complexity index is 1530. The summed E-state index contributed by atoms with van der Waals surface area (Å²) in [5, 5.41) is 20.0. The van der Waals surface area contributed by atoms with Crippen molar-refractivity contribution >= 4 is 50.7 Å². The number of phenolic OH excluding ortho intramolecular Hbond substituents is 1. The Kier molecular flexibility index (Phi) is 6.74. The maximum atomic E-state index is 12.1. The minimum Gasteiger partial charge on any atom is -0.506 e. The Balaban J connectivity index is 1.23. The van der Waals surface area contributed by atoms with Crippen LogP contribution in [0.4, 0.5) is 11.4 Å². The number of aromatic hydroxyl groups is 1. The van der Waals surface area contributed by atoms with Crippen molar-refractivity contribution < 1.29 is 24.3 Å². The molecule has 5 rings (SSSR count). The number of azo groups is 1. The second-order valence-electron chi connectivity index (χ2n) is 8.56. The predicted molar refractivity (Wildman–Crippen MR) is 138 cm³/mol. The summed E-state index contributed by atoms with van der Waals surface area (Å²) in [7, 11) is 0. The SMILES string of the molecule is Cc1cccc2sc(-c3ccc(/N=N/c4cc(CCC(=O)ON5C(=O)CCC5=O)ccc4O)cc3)nc12. The molecule has 1 aliphatic rings. The van der Waals surface area contributed by atoms with Crippen molar-refractivity contribution in [1.82, 2.24) is 10.0 Å². The average Bonchev–Trinajstić information content (AvgIpc) is 3.47. The summed E-state index contributed by atoms with van der Waals surface area (Å²) in [6.07, 6.45) is 0.311. The van der Waals surface area contributed by atoms with Crippen LogP contribution in [0.3, 0.4) is 0 Å². The standard InChI is InChI=1S/C27H22N4O5S/c1-16-3-2-4-22-26(16)28-27(37-22)18-7-9-19(10-8-18)29-30-20-15-17(5-11-21(20)32)6-14-25(35)36-31-23(33)12-13-24(31)34/h2-5,7-11,15,32H,6,12-14H2,1H3/b30-29+. The van der Waals surface area contributed by atoms with Crippen LogP contribution in [0, 0.1) is 6.92 Å². The third-order valence-electron chi connectivity index (χ3n) is 5.86. The van der Waals surface area contributed by atoms with E-state index in [0.29, 0.717) is 16.3 Å². The highest BCUT2D eigenvalue weighted by Crippen LogP contribution is 2.33. The van der Waals surface area contributed by atoms with Crippen molar-refractivity contribution in [2.24, 2.45) is 10.2 Å². The number of aryl methyl sites for hydroxylation is 2. The summed E-state index contributed by atoms with van der Waals surface area (Å²) in [4.78, 5) is 44.9. The number of imide groups is 1. The zero-order valence-corrected chi connectivity index (χ0v) is 20.7. The highest BCUT2D eigenvalue weighted by molar-refractivity contribution is 7.21. The van der Waals surface area contributed by atoms with E-state index in [4.69, 9.17) is 9.82 Å². The fourth-order valence-electron chi connectivity index (χ4n) is 3.85. The normalized spacial score (nSPS) is 13.7. The van der Waals surface area contributed by atoms with Crippen molar-refractivity contribution in [3.05, 3.63) is 71.8 Å². The molecule has 1 fully saturated rings. The number of hydrogen-bond donors (Lipinski definition) is 1. The molecule has 37 heavy (non-hydrogen) atoms. The molecule has 9 nitrogen and oxygen atoms in total. The van der Waals surface area contributed by atoms with E-state index < -0.39 is 17.8 Å². The lowest BCUT2D eigenvalue weighted by Gasteiger charge is -2.12. The Labute approximate surface area is 216 Å². The van der Waals surface area contributed by atoms with E-state index in [2.05, 4.69) is 16.3 Å². The topological polar surface area (TPSA) is 122 Å². The van der Waals surface area contributed by atoms with Crippen molar-refractivity contribution in [3.8, 4) is 16.3 Å². The first-order valence-corrected chi connectivity index (χ1v) is 12.5. The zero-order chi connectivity index (χ0) is 25.9. The second-order valence-corrected chi connectivity index (χ2v) is 9.59. The molecule has 0 saturated carbocycles. The smallest absolute Gasteiger partial charge is 0.333 e. The number of rotatable bonds is 7. The van der Waals surface area contributed by atoms with Gasteiger partial charge in [-0.25, -0.2) is 9.78 Å². The summed E-state index contributed by atoms with van der Waals surface area (Å²) in [6, 6.07) is 18.4. The van der Waals surface area contributed by atoms with Crippen LogP contribution in [-0.4, -0.2) is 32.9 Å². The number of aromatic nitrogens is 1. The Morgan fingerprint density at radius 2 is 1.81 bits per heavy atom. The van der Waals surface area contributed by atoms with Crippen molar-refractivity contribution in [2.75, 3.05) is 0 Å². The first kappa shape index (κ1) is 24.3. The van der Waals surface area contributed by atoms with Gasteiger partial charge in [0, 0.05) is 18.4 Å². The van der Waals surface area contributed by atoms with E-state index in [1.165, 1.54) is 6.07 Å². The molecule has 0 bridgehead atoms. The number of nitrogens with zero attached hydrogens (tertiary/aromatic N) is 4. The van der Waals surface area contributed by atoms with Crippen LogP contribution in [-0.2, 0) is 25.6 Å². The Hall–Kier alpha value is -4.44. The molecule has 2 heterocycles. The minimum atomic E-state index is -0.691. The molecular weight excluding hydrogens is 492 g/mol. The van der Waals surface area contributed by atoms with Crippen molar-refractivity contribution in [1.29, 1.82) is 0 Å². The summed E-state index contributed by atoms with van der Waals surface area (Å²) in [5.41, 5.74) is 4.70. The van der Waals surface area contributed by atoms with E-state index in [-0.39, 0.29) is 37.1 Å². The molecule has 0 aliphatic carbocycles. The number of thiazole rings is 1. The Morgan fingerprint density at radius 1 is 1.05 bits per heavy atom. The van der Waals surface area contributed by atoms with Gasteiger partial charge >= 0.3 is 5.97 Å². The molecular formula is C27H22N4O5S. The third kappa shape index (κ3) is 5.39.